The van der Waals surface area contributed by atoms with Crippen LogP contribution in [0.25, 0.3) is 0 Å². The van der Waals surface area contributed by atoms with Crippen molar-refractivity contribution in [1.82, 2.24) is 20.5 Å². The number of aliphatic imine (C=N–C) groups is 1. The minimum atomic E-state index is 0. The van der Waals surface area contributed by atoms with Crippen molar-refractivity contribution in [1.29, 1.82) is 0 Å². The van der Waals surface area contributed by atoms with Gasteiger partial charge in [0, 0.05) is 50.2 Å². The van der Waals surface area contributed by atoms with Crippen LogP contribution >= 0.6 is 35.7 Å². The van der Waals surface area contributed by atoms with Crippen molar-refractivity contribution in [3.63, 3.8) is 0 Å². The maximum absolute atomic E-state index is 4.76. The zero-order valence-corrected chi connectivity index (χ0v) is 21.1. The van der Waals surface area contributed by atoms with Gasteiger partial charge in [-0.25, -0.2) is 9.98 Å². The molecular formula is C20H37IN6S. The Balaban J connectivity index is 0.00000392. The van der Waals surface area contributed by atoms with E-state index in [1.54, 1.807) is 0 Å². The number of guanidine groups is 1. The van der Waals surface area contributed by atoms with Crippen LogP contribution in [0.4, 0.5) is 5.82 Å². The lowest BCUT2D eigenvalue weighted by Gasteiger charge is -2.34. The normalized spacial score (nSPS) is 15.9. The molecule has 0 spiro atoms. The summed E-state index contributed by atoms with van der Waals surface area (Å²) < 4.78 is 0.181. The minimum absolute atomic E-state index is 0. The van der Waals surface area contributed by atoms with Crippen molar-refractivity contribution in [2.45, 2.75) is 39.0 Å². The first-order chi connectivity index (χ1) is 13.0. The molecule has 0 aliphatic carbocycles. The highest BCUT2D eigenvalue weighted by atomic mass is 127. The molecule has 2 rings (SSSR count). The van der Waals surface area contributed by atoms with Crippen LogP contribution in [0.2, 0.25) is 0 Å². The van der Waals surface area contributed by atoms with Crippen molar-refractivity contribution in [3.05, 3.63) is 23.9 Å². The molecule has 6 nitrogen and oxygen atoms in total. The molecule has 0 atom stereocenters. The van der Waals surface area contributed by atoms with Gasteiger partial charge < -0.3 is 20.4 Å². The first-order valence-corrected chi connectivity index (χ1v) is 11.2. The summed E-state index contributed by atoms with van der Waals surface area (Å²) >= 11 is 1.86. The monoisotopic (exact) mass is 520 g/mol. The average Bonchev–Trinajstić information content (AvgIpc) is 2.70. The lowest BCUT2D eigenvalue weighted by atomic mass is 10.2. The Morgan fingerprint density at radius 2 is 1.93 bits per heavy atom. The molecule has 28 heavy (non-hydrogen) atoms. The highest BCUT2D eigenvalue weighted by Crippen LogP contribution is 2.19. The summed E-state index contributed by atoms with van der Waals surface area (Å²) in [5, 5.41) is 6.79. The summed E-state index contributed by atoms with van der Waals surface area (Å²) in [4.78, 5) is 14.2. The van der Waals surface area contributed by atoms with Gasteiger partial charge in [0.05, 0.1) is 6.54 Å². The molecule has 2 heterocycles. The van der Waals surface area contributed by atoms with Gasteiger partial charge >= 0.3 is 0 Å². The molecular weight excluding hydrogens is 483 g/mol. The first kappa shape index (κ1) is 25.3. The quantitative estimate of drug-likeness (QED) is 0.312. The van der Waals surface area contributed by atoms with E-state index in [1.165, 1.54) is 5.56 Å². The standard InChI is InChI=1S/C20H36N6S.HI/c1-6-21-19(24-16-20(3,4)27-5)23-15-17-8-9-22-18(14-17)26-12-10-25(7-2)11-13-26;/h8-9,14H,6-7,10-13,15-16H2,1-5H3,(H2,21,23,24);1H. The third kappa shape index (κ3) is 8.32. The number of piperazine rings is 1. The fraction of sp³-hybridized carbons (Fsp3) is 0.700. The van der Waals surface area contributed by atoms with Crippen LogP contribution < -0.4 is 15.5 Å². The summed E-state index contributed by atoms with van der Waals surface area (Å²) in [6.07, 6.45) is 4.05. The molecule has 0 radical (unpaired) electrons. The number of hydrogen-bond acceptors (Lipinski definition) is 5. The summed E-state index contributed by atoms with van der Waals surface area (Å²) in [6, 6.07) is 4.24. The number of rotatable bonds is 8. The third-order valence-corrected chi connectivity index (χ3v) is 6.20. The molecule has 0 saturated carbocycles. The number of anilines is 1. The highest BCUT2D eigenvalue weighted by Gasteiger charge is 2.17. The van der Waals surface area contributed by atoms with Gasteiger partial charge in [-0.15, -0.1) is 24.0 Å². The second kappa shape index (κ2) is 12.7. The van der Waals surface area contributed by atoms with E-state index in [9.17, 15) is 0 Å². The maximum atomic E-state index is 4.76. The molecule has 1 fully saturated rings. The number of pyridine rings is 1. The van der Waals surface area contributed by atoms with E-state index in [-0.39, 0.29) is 28.7 Å². The molecule has 160 valence electrons. The van der Waals surface area contributed by atoms with Gasteiger partial charge in [0.25, 0.3) is 0 Å². The maximum Gasteiger partial charge on any atom is 0.191 e. The third-order valence-electron chi connectivity index (χ3n) is 4.95. The number of nitrogens with one attached hydrogen (secondary N) is 2. The van der Waals surface area contributed by atoms with Crippen molar-refractivity contribution < 1.29 is 0 Å². The second-order valence-corrected chi connectivity index (χ2v) is 8.97. The van der Waals surface area contributed by atoms with Crippen LogP contribution in [0, 0.1) is 0 Å². The van der Waals surface area contributed by atoms with Crippen molar-refractivity contribution in [2.24, 2.45) is 4.99 Å². The molecule has 1 aromatic rings. The average molecular weight is 521 g/mol. The molecule has 2 N–H and O–H groups in total. The Morgan fingerprint density at radius 1 is 1.21 bits per heavy atom. The highest BCUT2D eigenvalue weighted by molar-refractivity contribution is 14.0. The summed E-state index contributed by atoms with van der Waals surface area (Å²) in [5.41, 5.74) is 1.19. The summed E-state index contributed by atoms with van der Waals surface area (Å²) in [5.74, 6) is 1.94. The van der Waals surface area contributed by atoms with E-state index in [2.05, 4.69) is 71.5 Å². The molecule has 0 aromatic carbocycles. The molecule has 0 bridgehead atoms. The van der Waals surface area contributed by atoms with E-state index in [0.717, 1.165) is 57.6 Å². The SMILES string of the molecule is CCNC(=NCc1ccnc(N2CCN(CC)CC2)c1)NCC(C)(C)SC.I. The van der Waals surface area contributed by atoms with Gasteiger partial charge in [-0.1, -0.05) is 6.92 Å². The number of halogens is 1. The molecule has 1 aromatic heterocycles. The zero-order valence-electron chi connectivity index (χ0n) is 18.0. The predicted octanol–water partition coefficient (Wildman–Crippen LogP) is 3.04. The lowest BCUT2D eigenvalue weighted by molar-refractivity contribution is 0.270. The Morgan fingerprint density at radius 3 is 2.54 bits per heavy atom. The Hall–Kier alpha value is -0.740. The second-order valence-electron chi connectivity index (χ2n) is 7.46. The number of thioether (sulfide) groups is 1. The zero-order chi connectivity index (χ0) is 19.7. The van der Waals surface area contributed by atoms with Gasteiger partial charge in [0.15, 0.2) is 5.96 Å². The molecule has 0 amide bonds. The van der Waals surface area contributed by atoms with Crippen LogP contribution in [0.15, 0.2) is 23.3 Å². The number of likely N-dealkylation sites (N-methyl/N-ethyl adjacent to an activating group) is 1. The summed E-state index contributed by atoms with van der Waals surface area (Å²) in [7, 11) is 0. The van der Waals surface area contributed by atoms with E-state index in [1.807, 2.05) is 18.0 Å². The van der Waals surface area contributed by atoms with Crippen molar-refractivity contribution in [3.8, 4) is 0 Å². The van der Waals surface area contributed by atoms with Gasteiger partial charge in [0.1, 0.15) is 5.82 Å². The van der Waals surface area contributed by atoms with Crippen LogP contribution in [-0.2, 0) is 6.54 Å². The van der Waals surface area contributed by atoms with Gasteiger partial charge in [-0.2, -0.15) is 11.8 Å². The van der Waals surface area contributed by atoms with E-state index >= 15 is 0 Å². The van der Waals surface area contributed by atoms with Crippen LogP contribution in [0.5, 0.6) is 0 Å². The molecule has 1 aliphatic heterocycles. The predicted molar refractivity (Wildman–Crippen MR) is 134 cm³/mol. The van der Waals surface area contributed by atoms with E-state index in [4.69, 9.17) is 4.99 Å². The Kier molecular flexibility index (Phi) is 11.5. The molecule has 1 saturated heterocycles. The lowest BCUT2D eigenvalue weighted by Crippen LogP contribution is -2.46. The first-order valence-electron chi connectivity index (χ1n) is 9.97. The minimum Gasteiger partial charge on any atom is -0.357 e. The fourth-order valence-corrected chi connectivity index (χ4v) is 3.12. The van der Waals surface area contributed by atoms with Gasteiger partial charge in [0.2, 0.25) is 0 Å². The Labute approximate surface area is 192 Å². The molecule has 8 heteroatoms. The van der Waals surface area contributed by atoms with Crippen molar-refractivity contribution in [2.75, 3.05) is 57.0 Å². The topological polar surface area (TPSA) is 55.8 Å². The van der Waals surface area contributed by atoms with Gasteiger partial charge in [-0.05, 0) is 51.3 Å². The van der Waals surface area contributed by atoms with Crippen LogP contribution in [-0.4, -0.2) is 72.7 Å². The fourth-order valence-electron chi connectivity index (χ4n) is 2.91. The van der Waals surface area contributed by atoms with E-state index in [0.29, 0.717) is 6.54 Å². The van der Waals surface area contributed by atoms with Crippen LogP contribution in [0.3, 0.4) is 0 Å². The smallest absolute Gasteiger partial charge is 0.191 e. The Bertz CT molecular complexity index is 602. The molecule has 1 aliphatic rings. The summed E-state index contributed by atoms with van der Waals surface area (Å²) in [6.45, 7) is 16.6. The molecule has 0 unspecified atom stereocenters. The largest absolute Gasteiger partial charge is 0.357 e. The van der Waals surface area contributed by atoms with Gasteiger partial charge in [-0.3, -0.25) is 0 Å². The van der Waals surface area contributed by atoms with E-state index < -0.39 is 0 Å². The van der Waals surface area contributed by atoms with Crippen LogP contribution in [0.1, 0.15) is 33.3 Å². The number of hydrogen-bond donors (Lipinski definition) is 2. The van der Waals surface area contributed by atoms with Crippen molar-refractivity contribution >= 4 is 47.5 Å². The number of aromatic nitrogens is 1. The number of nitrogens with zero attached hydrogens (tertiary/aromatic N) is 4.